The number of hydrogen-bond acceptors (Lipinski definition) is 0. The first-order chi connectivity index (χ1) is 34.4. The zero-order valence-electron chi connectivity index (χ0n) is 44.1. The van der Waals surface area contributed by atoms with Crippen molar-refractivity contribution in [1.82, 2.24) is 9.13 Å². The summed E-state index contributed by atoms with van der Waals surface area (Å²) >= 11 is 0. The van der Waals surface area contributed by atoms with Gasteiger partial charge in [0, 0.05) is 44.0 Å². The van der Waals surface area contributed by atoms with Gasteiger partial charge in [-0.25, -0.2) is 0 Å². The first kappa shape index (κ1) is 44.6. The summed E-state index contributed by atoms with van der Waals surface area (Å²) in [7, 11) is 0. The van der Waals surface area contributed by atoms with E-state index in [-0.39, 0.29) is 24.3 Å². The van der Waals surface area contributed by atoms with E-state index in [1.807, 2.05) is 0 Å². The van der Waals surface area contributed by atoms with Crippen LogP contribution in [0.25, 0.3) is 77.2 Å². The molecule has 4 heteroatoms. The van der Waals surface area contributed by atoms with Gasteiger partial charge in [0.1, 0.15) is 0 Å². The monoisotopic (exact) mass is 929 g/mol. The number of nitrogens with zero attached hydrogens (tertiary/aromatic N) is 2. The lowest BCUT2D eigenvalue weighted by molar-refractivity contribution is 0.590. The van der Waals surface area contributed by atoms with E-state index in [0.29, 0.717) is 0 Å². The van der Waals surface area contributed by atoms with Gasteiger partial charge < -0.3 is 9.13 Å². The summed E-state index contributed by atoms with van der Waals surface area (Å²) < 4.78 is 5.29. The molecule has 11 aromatic rings. The fourth-order valence-electron chi connectivity index (χ4n) is 13.6. The number of para-hydroxylation sites is 2. The number of aromatic nitrogens is 2. The second-order valence-corrected chi connectivity index (χ2v) is 23.7. The molecule has 2 aliphatic heterocycles. The summed E-state index contributed by atoms with van der Waals surface area (Å²) in [5.74, 6) is 0. The Morgan fingerprint density at radius 3 is 1.32 bits per heavy atom. The van der Waals surface area contributed by atoms with E-state index in [2.05, 4.69) is 250 Å². The highest BCUT2D eigenvalue weighted by molar-refractivity contribution is 7.00. The molecule has 2 aliphatic rings. The van der Waals surface area contributed by atoms with Gasteiger partial charge in [-0.05, 0) is 144 Å². The molecule has 0 unspecified atom stereocenters. The highest BCUT2D eigenvalue weighted by atomic mass is 15.0. The smallest absolute Gasteiger partial charge is 0.247 e. The summed E-state index contributed by atoms with van der Waals surface area (Å²) in [6.45, 7) is 27.6. The molecular weight excluding hydrogens is 866 g/mol. The van der Waals surface area contributed by atoms with Gasteiger partial charge in [-0.3, -0.25) is 0 Å². The molecule has 0 fully saturated rings. The van der Waals surface area contributed by atoms with Crippen molar-refractivity contribution in [2.75, 3.05) is 0 Å². The summed E-state index contributed by atoms with van der Waals surface area (Å²) in [6.07, 6.45) is 0. The van der Waals surface area contributed by atoms with Crippen molar-refractivity contribution in [2.24, 2.45) is 0 Å². The van der Waals surface area contributed by atoms with E-state index >= 15 is 0 Å². The van der Waals surface area contributed by atoms with Crippen molar-refractivity contribution in [3.63, 3.8) is 0 Å². The van der Waals surface area contributed by atoms with Crippen LogP contribution in [0.15, 0.2) is 158 Å². The Labute approximate surface area is 426 Å². The molecule has 0 N–H and O–H groups in total. The summed E-state index contributed by atoms with van der Waals surface area (Å²) in [4.78, 5) is 0. The van der Waals surface area contributed by atoms with Gasteiger partial charge in [0.2, 0.25) is 13.4 Å². The standard InChI is InChI=1S/C68H62B2N2/c1-39-30-41(3)63(42(4)31-39)69-55-18-15-17-52-53-34-47(45-20-25-49(26-21-45)67(7,8)9)24-29-60(53)72(65(52)55)61-38-57-62(37-56(61)69)71-59-19-14-13-16-51(59)54-35-48(46-22-27-50(28-23-46)68(10,11)12)36-58(66(54)71)70(57)64-43(5)32-40(2)33-44(64)6/h13-38H,1-12H3. The van der Waals surface area contributed by atoms with Gasteiger partial charge in [-0.2, -0.15) is 0 Å². The maximum Gasteiger partial charge on any atom is 0.247 e. The highest BCUT2D eigenvalue weighted by Crippen LogP contribution is 2.40. The minimum Gasteiger partial charge on any atom is -0.310 e. The second-order valence-electron chi connectivity index (χ2n) is 23.7. The van der Waals surface area contributed by atoms with Crippen LogP contribution in [0.4, 0.5) is 0 Å². The molecule has 72 heavy (non-hydrogen) atoms. The molecule has 0 aliphatic carbocycles. The minimum absolute atomic E-state index is 0.0162. The number of aryl methyl sites for hydroxylation is 6. The van der Waals surface area contributed by atoms with Crippen LogP contribution in [0.5, 0.6) is 0 Å². The first-order valence-electron chi connectivity index (χ1n) is 26.1. The Kier molecular flexibility index (Phi) is 9.67. The molecule has 9 aromatic carbocycles. The van der Waals surface area contributed by atoms with Crippen LogP contribution < -0.4 is 32.8 Å². The normalized spacial score (nSPS) is 13.2. The third-order valence-corrected chi connectivity index (χ3v) is 16.7. The van der Waals surface area contributed by atoms with Crippen LogP contribution in [0.2, 0.25) is 0 Å². The Balaban J connectivity index is 1.15. The largest absolute Gasteiger partial charge is 0.310 e. The van der Waals surface area contributed by atoms with Crippen LogP contribution in [0, 0.1) is 41.5 Å². The van der Waals surface area contributed by atoms with Crippen molar-refractivity contribution in [2.45, 2.75) is 93.9 Å². The van der Waals surface area contributed by atoms with Crippen molar-refractivity contribution in [1.29, 1.82) is 0 Å². The fraction of sp³-hybridized carbons (Fsp3) is 0.206. The lowest BCUT2D eigenvalue weighted by Gasteiger charge is -2.34. The van der Waals surface area contributed by atoms with E-state index in [9.17, 15) is 0 Å². The number of rotatable bonds is 4. The summed E-state index contributed by atoms with van der Waals surface area (Å²) in [5, 5.41) is 5.19. The molecule has 350 valence electrons. The van der Waals surface area contributed by atoms with E-state index < -0.39 is 0 Å². The molecule has 2 aromatic heterocycles. The quantitative estimate of drug-likeness (QED) is 0.156. The second kappa shape index (κ2) is 15.6. The van der Waals surface area contributed by atoms with Crippen molar-refractivity contribution in [3.05, 3.63) is 202 Å². The summed E-state index contributed by atoms with van der Waals surface area (Å²) in [6, 6.07) is 62.0. The number of hydrogen-bond donors (Lipinski definition) is 0. The van der Waals surface area contributed by atoms with Crippen LogP contribution in [-0.4, -0.2) is 22.6 Å². The van der Waals surface area contributed by atoms with Crippen LogP contribution in [0.3, 0.4) is 0 Å². The third kappa shape index (κ3) is 6.57. The van der Waals surface area contributed by atoms with Crippen LogP contribution >= 0.6 is 0 Å². The maximum atomic E-state index is 2.65. The van der Waals surface area contributed by atoms with Crippen molar-refractivity contribution < 1.29 is 0 Å². The SMILES string of the molecule is Cc1cc(C)c(B2c3cc4c(cc3-n3c5ccc(-c6ccc(C(C)(C)C)cc6)cc5c5cccc2c53)B(c2c(C)cc(C)cc2C)c2cc(-c3ccc(C(C)(C)C)cc3)cc3c5ccccc5n-4c23)c(C)c1. The lowest BCUT2D eigenvalue weighted by Crippen LogP contribution is -2.61. The fourth-order valence-corrected chi connectivity index (χ4v) is 13.6. The van der Waals surface area contributed by atoms with E-state index in [1.54, 1.807) is 0 Å². The minimum atomic E-state index is -0.0162. The molecule has 0 saturated heterocycles. The Bertz CT molecular complexity index is 4060. The molecule has 2 nitrogen and oxygen atoms in total. The third-order valence-electron chi connectivity index (χ3n) is 16.7. The van der Waals surface area contributed by atoms with E-state index in [1.165, 1.54) is 155 Å². The average molecular weight is 929 g/mol. The Morgan fingerprint density at radius 1 is 0.333 bits per heavy atom. The van der Waals surface area contributed by atoms with Gasteiger partial charge in [0.25, 0.3) is 0 Å². The van der Waals surface area contributed by atoms with Crippen molar-refractivity contribution >= 4 is 89.8 Å². The van der Waals surface area contributed by atoms with Crippen LogP contribution in [-0.2, 0) is 10.8 Å². The van der Waals surface area contributed by atoms with Gasteiger partial charge in [-0.15, -0.1) is 0 Å². The number of fused-ring (bicyclic) bond motifs is 10. The molecule has 0 radical (unpaired) electrons. The molecule has 0 atom stereocenters. The van der Waals surface area contributed by atoms with Crippen LogP contribution in [0.1, 0.15) is 86.1 Å². The maximum absolute atomic E-state index is 2.65. The van der Waals surface area contributed by atoms with Crippen molar-refractivity contribution in [3.8, 4) is 33.6 Å². The molecule has 0 amide bonds. The Morgan fingerprint density at radius 2 is 0.778 bits per heavy atom. The number of benzene rings is 9. The summed E-state index contributed by atoms with van der Waals surface area (Å²) in [5.41, 5.74) is 31.8. The molecule has 0 bridgehead atoms. The topological polar surface area (TPSA) is 9.86 Å². The van der Waals surface area contributed by atoms with E-state index in [4.69, 9.17) is 0 Å². The molecular formula is C68H62B2N2. The highest BCUT2D eigenvalue weighted by Gasteiger charge is 2.41. The van der Waals surface area contributed by atoms with Gasteiger partial charge in [0.15, 0.2) is 0 Å². The predicted molar refractivity (Wildman–Crippen MR) is 314 cm³/mol. The van der Waals surface area contributed by atoms with Gasteiger partial charge >= 0.3 is 0 Å². The molecule has 0 spiro atoms. The molecule has 0 saturated carbocycles. The predicted octanol–water partition coefficient (Wildman–Crippen LogP) is 13.3. The van der Waals surface area contributed by atoms with E-state index in [0.717, 1.165) is 0 Å². The molecule has 4 heterocycles. The Hall–Kier alpha value is -7.29. The first-order valence-corrected chi connectivity index (χ1v) is 26.1. The zero-order valence-corrected chi connectivity index (χ0v) is 44.1. The van der Waals surface area contributed by atoms with Gasteiger partial charge in [0.05, 0.1) is 11.0 Å². The lowest BCUT2D eigenvalue weighted by atomic mass is 9.32. The van der Waals surface area contributed by atoms with Gasteiger partial charge in [-0.1, -0.05) is 207 Å². The average Bonchev–Trinajstić information content (AvgIpc) is 3.86. The molecule has 13 rings (SSSR count). The zero-order chi connectivity index (χ0) is 49.9.